The summed E-state index contributed by atoms with van der Waals surface area (Å²) in [4.78, 5) is 6.77. The van der Waals surface area contributed by atoms with Crippen LogP contribution in [0.3, 0.4) is 0 Å². The summed E-state index contributed by atoms with van der Waals surface area (Å²) in [7, 11) is 1.67. The molecule has 156 valence electrons. The molecule has 1 saturated heterocycles. The fraction of sp³-hybridized carbons (Fsp3) is 0.167. The molecule has 1 aromatic carbocycles. The summed E-state index contributed by atoms with van der Waals surface area (Å²) in [5.41, 5.74) is 3.01. The number of anilines is 1. The van der Waals surface area contributed by atoms with Gasteiger partial charge in [0.05, 0.1) is 31.7 Å². The third-order valence-corrected chi connectivity index (χ3v) is 5.82. The molecule has 6 nitrogen and oxygen atoms in total. The van der Waals surface area contributed by atoms with Crippen LogP contribution in [0.4, 0.5) is 5.69 Å². The van der Waals surface area contributed by atoms with Gasteiger partial charge in [-0.3, -0.25) is 4.98 Å². The molecule has 0 saturated carbocycles. The number of methoxy groups -OCH3 is 1. The highest BCUT2D eigenvalue weighted by Crippen LogP contribution is 2.42. The van der Waals surface area contributed by atoms with Crippen molar-refractivity contribution < 1.29 is 9.15 Å². The standard InChI is InChI=1S/C24H22N4O2S/c1-29-18-8-4-7-17(15-18)28-23(22(26-24(28)31)20-10-2-3-12-25-20)21-11-5-13-27(21)16-19-9-6-14-30-19/h2-15,22-23H,16H2,1H3,(H,26,31)/t22-,23-/m0/s1. The van der Waals surface area contributed by atoms with E-state index in [1.54, 1.807) is 13.4 Å². The number of nitrogens with one attached hydrogen (secondary N) is 1. The van der Waals surface area contributed by atoms with Crippen molar-refractivity contribution >= 4 is 23.0 Å². The minimum absolute atomic E-state index is 0.0977. The van der Waals surface area contributed by atoms with Crippen LogP contribution in [0.5, 0.6) is 5.75 Å². The van der Waals surface area contributed by atoms with Gasteiger partial charge in [-0.1, -0.05) is 12.1 Å². The number of rotatable bonds is 6. The van der Waals surface area contributed by atoms with E-state index in [0.29, 0.717) is 11.7 Å². The molecule has 0 radical (unpaired) electrons. The van der Waals surface area contributed by atoms with Crippen molar-refractivity contribution in [3.8, 4) is 5.75 Å². The van der Waals surface area contributed by atoms with Gasteiger partial charge in [-0.15, -0.1) is 0 Å². The first-order valence-electron chi connectivity index (χ1n) is 10.1. The molecule has 7 heteroatoms. The SMILES string of the molecule is COc1cccc(N2C(=S)N[C@@H](c3ccccn3)[C@@H]2c2cccn2Cc2ccco2)c1. The molecule has 5 rings (SSSR count). The smallest absolute Gasteiger partial charge is 0.174 e. The van der Waals surface area contributed by atoms with Crippen molar-refractivity contribution in [3.05, 3.63) is 103 Å². The predicted molar refractivity (Wildman–Crippen MR) is 123 cm³/mol. The first-order chi connectivity index (χ1) is 15.2. The molecule has 31 heavy (non-hydrogen) atoms. The summed E-state index contributed by atoms with van der Waals surface area (Å²) in [6.45, 7) is 0.638. The van der Waals surface area contributed by atoms with E-state index in [1.165, 1.54) is 0 Å². The van der Waals surface area contributed by atoms with Gasteiger partial charge in [0, 0.05) is 29.8 Å². The number of pyridine rings is 1. The topological polar surface area (TPSA) is 55.5 Å². The summed E-state index contributed by atoms with van der Waals surface area (Å²) in [6, 6.07) is 21.8. The van der Waals surface area contributed by atoms with Gasteiger partial charge in [-0.25, -0.2) is 0 Å². The molecule has 1 fully saturated rings. The summed E-state index contributed by atoms with van der Waals surface area (Å²) in [6.07, 6.45) is 5.58. The molecule has 1 N–H and O–H groups in total. The predicted octanol–water partition coefficient (Wildman–Crippen LogP) is 4.71. The van der Waals surface area contributed by atoms with Crippen LogP contribution in [0.15, 0.2) is 89.8 Å². The zero-order valence-corrected chi connectivity index (χ0v) is 17.8. The molecule has 0 amide bonds. The van der Waals surface area contributed by atoms with E-state index in [0.717, 1.165) is 28.6 Å². The van der Waals surface area contributed by atoms with Gasteiger partial charge in [-0.2, -0.15) is 0 Å². The van der Waals surface area contributed by atoms with Crippen molar-refractivity contribution in [2.24, 2.45) is 0 Å². The van der Waals surface area contributed by atoms with Crippen LogP contribution in [-0.2, 0) is 6.54 Å². The summed E-state index contributed by atoms with van der Waals surface area (Å²) in [5.74, 6) is 1.68. The van der Waals surface area contributed by atoms with E-state index in [9.17, 15) is 0 Å². The van der Waals surface area contributed by atoms with Crippen molar-refractivity contribution in [1.29, 1.82) is 0 Å². The molecule has 1 aliphatic rings. The monoisotopic (exact) mass is 430 g/mol. The molecule has 0 unspecified atom stereocenters. The number of benzene rings is 1. The molecule has 4 aromatic rings. The van der Waals surface area contributed by atoms with Crippen molar-refractivity contribution in [2.45, 2.75) is 18.6 Å². The van der Waals surface area contributed by atoms with E-state index in [4.69, 9.17) is 21.4 Å². The summed E-state index contributed by atoms with van der Waals surface area (Å²) >= 11 is 5.81. The normalized spacial score (nSPS) is 18.2. The van der Waals surface area contributed by atoms with Crippen LogP contribution < -0.4 is 15.0 Å². The molecule has 0 aliphatic carbocycles. The first-order valence-corrected chi connectivity index (χ1v) is 10.5. The Labute approximate surface area is 186 Å². The third kappa shape index (κ3) is 3.68. The number of nitrogens with zero attached hydrogens (tertiary/aromatic N) is 3. The van der Waals surface area contributed by atoms with Crippen molar-refractivity contribution in [2.75, 3.05) is 12.0 Å². The fourth-order valence-electron chi connectivity index (χ4n) is 4.10. The van der Waals surface area contributed by atoms with Gasteiger partial charge in [0.1, 0.15) is 17.6 Å². The Morgan fingerprint density at radius 1 is 1.10 bits per heavy atom. The molecule has 1 aliphatic heterocycles. The lowest BCUT2D eigenvalue weighted by Gasteiger charge is -2.29. The molecule has 0 bridgehead atoms. The Kier molecular flexibility index (Phi) is 5.18. The number of furan rings is 1. The average molecular weight is 431 g/mol. The van der Waals surface area contributed by atoms with E-state index in [2.05, 4.69) is 38.1 Å². The number of thiocarbonyl (C=S) groups is 1. The maximum atomic E-state index is 5.81. The van der Waals surface area contributed by atoms with E-state index in [1.807, 2.05) is 60.8 Å². The lowest BCUT2D eigenvalue weighted by molar-refractivity contribution is 0.414. The lowest BCUT2D eigenvalue weighted by Crippen LogP contribution is -2.30. The highest BCUT2D eigenvalue weighted by atomic mass is 32.1. The Morgan fingerprint density at radius 2 is 2.03 bits per heavy atom. The highest BCUT2D eigenvalue weighted by molar-refractivity contribution is 7.80. The Morgan fingerprint density at radius 3 is 2.81 bits per heavy atom. The second-order valence-electron chi connectivity index (χ2n) is 7.34. The maximum absolute atomic E-state index is 5.81. The van der Waals surface area contributed by atoms with Crippen LogP contribution in [0, 0.1) is 0 Å². The fourth-order valence-corrected chi connectivity index (χ4v) is 4.45. The van der Waals surface area contributed by atoms with Crippen LogP contribution in [0.2, 0.25) is 0 Å². The van der Waals surface area contributed by atoms with Crippen LogP contribution >= 0.6 is 12.2 Å². The Hall–Kier alpha value is -3.58. The number of hydrogen-bond acceptors (Lipinski definition) is 4. The van der Waals surface area contributed by atoms with E-state index >= 15 is 0 Å². The first kappa shape index (κ1) is 19.4. The molecule has 2 atom stereocenters. The van der Waals surface area contributed by atoms with Gasteiger partial charge in [0.15, 0.2) is 5.11 Å². The Bertz CT molecular complexity index is 1170. The highest BCUT2D eigenvalue weighted by Gasteiger charge is 2.42. The number of aromatic nitrogens is 2. The zero-order chi connectivity index (χ0) is 21.2. The second-order valence-corrected chi connectivity index (χ2v) is 7.73. The molecule has 4 heterocycles. The number of hydrogen-bond donors (Lipinski definition) is 1. The van der Waals surface area contributed by atoms with Crippen molar-refractivity contribution in [3.63, 3.8) is 0 Å². The van der Waals surface area contributed by atoms with Crippen LogP contribution in [0.1, 0.15) is 29.2 Å². The summed E-state index contributed by atoms with van der Waals surface area (Å²) in [5, 5.41) is 4.15. The van der Waals surface area contributed by atoms with Gasteiger partial charge >= 0.3 is 0 Å². The third-order valence-electron chi connectivity index (χ3n) is 5.50. The van der Waals surface area contributed by atoms with Crippen LogP contribution in [-0.4, -0.2) is 21.8 Å². The maximum Gasteiger partial charge on any atom is 0.174 e. The van der Waals surface area contributed by atoms with E-state index in [-0.39, 0.29) is 12.1 Å². The molecule has 0 spiro atoms. The van der Waals surface area contributed by atoms with E-state index < -0.39 is 0 Å². The van der Waals surface area contributed by atoms with Gasteiger partial charge < -0.3 is 23.9 Å². The van der Waals surface area contributed by atoms with Gasteiger partial charge in [-0.05, 0) is 60.7 Å². The zero-order valence-electron chi connectivity index (χ0n) is 17.0. The summed E-state index contributed by atoms with van der Waals surface area (Å²) < 4.78 is 13.3. The minimum Gasteiger partial charge on any atom is -0.497 e. The molecule has 3 aromatic heterocycles. The lowest BCUT2D eigenvalue weighted by atomic mass is 10.0. The van der Waals surface area contributed by atoms with Crippen LogP contribution in [0.25, 0.3) is 0 Å². The number of ether oxygens (including phenoxy) is 1. The molecular weight excluding hydrogens is 408 g/mol. The minimum atomic E-state index is -0.106. The quantitative estimate of drug-likeness (QED) is 0.447. The van der Waals surface area contributed by atoms with Crippen molar-refractivity contribution in [1.82, 2.24) is 14.9 Å². The average Bonchev–Trinajstić information content (AvgIpc) is 3.55. The van der Waals surface area contributed by atoms with Gasteiger partial charge in [0.25, 0.3) is 0 Å². The Balaban J connectivity index is 1.61. The molecular formula is C24H22N4O2S. The second kappa shape index (κ2) is 8.28. The largest absolute Gasteiger partial charge is 0.497 e. The van der Waals surface area contributed by atoms with Gasteiger partial charge in [0.2, 0.25) is 0 Å².